The van der Waals surface area contributed by atoms with Crippen LogP contribution in [0.2, 0.25) is 0 Å². The van der Waals surface area contributed by atoms with Crippen molar-refractivity contribution < 1.29 is 19.4 Å². The molecule has 0 spiro atoms. The molecule has 1 aromatic heterocycles. The number of H-pyrrole nitrogens is 1. The van der Waals surface area contributed by atoms with E-state index in [0.29, 0.717) is 5.69 Å². The van der Waals surface area contributed by atoms with E-state index in [9.17, 15) is 9.59 Å². The van der Waals surface area contributed by atoms with Crippen molar-refractivity contribution in [3.63, 3.8) is 0 Å². The Morgan fingerprint density at radius 1 is 1.79 bits per heavy atom. The molecule has 1 fully saturated rings. The first-order valence-corrected chi connectivity index (χ1v) is 3.87. The second-order valence-corrected chi connectivity index (χ2v) is 2.76. The van der Waals surface area contributed by atoms with Crippen LogP contribution < -0.4 is 4.90 Å². The van der Waals surface area contributed by atoms with E-state index >= 15 is 0 Å². The number of carboxylic acid groups (broad SMARTS) is 1. The van der Waals surface area contributed by atoms with Gasteiger partial charge in [0.2, 0.25) is 0 Å². The van der Waals surface area contributed by atoms with Gasteiger partial charge in [0.15, 0.2) is 6.04 Å². The molecular weight excluding hydrogens is 190 g/mol. The van der Waals surface area contributed by atoms with Crippen LogP contribution in [-0.4, -0.2) is 40.0 Å². The average molecular weight is 197 g/mol. The number of nitrogens with one attached hydrogen (secondary N) is 1. The fourth-order valence-corrected chi connectivity index (χ4v) is 1.26. The first kappa shape index (κ1) is 8.54. The highest BCUT2D eigenvalue weighted by Crippen LogP contribution is 2.21. The number of carbonyl (C=O) groups excluding carboxylic acids is 1. The topological polar surface area (TPSA) is 95.5 Å². The van der Waals surface area contributed by atoms with Crippen LogP contribution >= 0.6 is 0 Å². The zero-order valence-electron chi connectivity index (χ0n) is 7.01. The number of amides is 1. The number of hydrogen-bond acceptors (Lipinski definition) is 4. The Bertz CT molecular complexity index is 361. The molecule has 14 heavy (non-hydrogen) atoms. The van der Waals surface area contributed by atoms with E-state index in [1.54, 1.807) is 0 Å². The van der Waals surface area contributed by atoms with E-state index in [-0.39, 0.29) is 6.61 Å². The minimum atomic E-state index is -1.10. The average Bonchev–Trinajstić information content (AvgIpc) is 2.71. The standard InChI is InChI=1S/C7H7N3O4/c11-6(12)5-3-14-7(13)10(5)4-1-8-9-2-4/h1-2,5H,3H2,(H,8,9)(H,11,12). The van der Waals surface area contributed by atoms with E-state index in [2.05, 4.69) is 14.9 Å². The molecule has 0 aliphatic carbocycles. The summed E-state index contributed by atoms with van der Waals surface area (Å²) >= 11 is 0. The number of hydrogen-bond donors (Lipinski definition) is 2. The predicted molar refractivity (Wildman–Crippen MR) is 43.8 cm³/mol. The van der Waals surface area contributed by atoms with E-state index < -0.39 is 18.1 Å². The number of ether oxygens (including phenoxy) is 1. The first-order chi connectivity index (χ1) is 6.70. The zero-order chi connectivity index (χ0) is 10.1. The number of aliphatic carboxylic acids is 1. The number of carboxylic acids is 1. The van der Waals surface area contributed by atoms with Crippen LogP contribution in [0.15, 0.2) is 12.4 Å². The van der Waals surface area contributed by atoms with Crippen molar-refractivity contribution in [3.8, 4) is 0 Å². The molecule has 2 heterocycles. The van der Waals surface area contributed by atoms with Crippen LogP contribution in [-0.2, 0) is 9.53 Å². The maximum Gasteiger partial charge on any atom is 0.415 e. The summed E-state index contributed by atoms with van der Waals surface area (Å²) in [6.45, 7) is -0.140. The predicted octanol–water partition coefficient (Wildman–Crippen LogP) is -0.181. The highest BCUT2D eigenvalue weighted by atomic mass is 16.6. The Labute approximate surface area is 78.3 Å². The second kappa shape index (κ2) is 3.02. The van der Waals surface area contributed by atoms with Crippen molar-refractivity contribution >= 4 is 17.7 Å². The largest absolute Gasteiger partial charge is 0.480 e. The monoisotopic (exact) mass is 197 g/mol. The van der Waals surface area contributed by atoms with Crippen LogP contribution in [0.3, 0.4) is 0 Å². The SMILES string of the molecule is O=C(O)C1COC(=O)N1c1cn[nH]c1. The van der Waals surface area contributed by atoms with Gasteiger partial charge in [-0.2, -0.15) is 5.10 Å². The Balaban J connectivity index is 2.31. The summed E-state index contributed by atoms with van der Waals surface area (Å²) in [4.78, 5) is 23.0. The summed E-state index contributed by atoms with van der Waals surface area (Å²) in [7, 11) is 0. The number of aromatic amines is 1. The third-order valence-electron chi connectivity index (χ3n) is 1.92. The van der Waals surface area contributed by atoms with Gasteiger partial charge in [0.25, 0.3) is 0 Å². The fourth-order valence-electron chi connectivity index (χ4n) is 1.26. The summed E-state index contributed by atoms with van der Waals surface area (Å²) in [5, 5.41) is 14.9. The van der Waals surface area contributed by atoms with E-state index in [1.807, 2.05) is 0 Å². The van der Waals surface area contributed by atoms with Crippen molar-refractivity contribution in [1.82, 2.24) is 10.2 Å². The molecule has 1 saturated heterocycles. The summed E-state index contributed by atoms with van der Waals surface area (Å²) < 4.78 is 4.63. The molecule has 1 aliphatic rings. The minimum Gasteiger partial charge on any atom is -0.480 e. The molecule has 0 radical (unpaired) electrons. The van der Waals surface area contributed by atoms with Crippen molar-refractivity contribution in [2.75, 3.05) is 11.5 Å². The molecule has 0 saturated carbocycles. The molecule has 7 heteroatoms. The summed E-state index contributed by atoms with van der Waals surface area (Å²) in [6, 6.07) is -0.972. The van der Waals surface area contributed by atoms with Gasteiger partial charge in [-0.25, -0.2) is 9.59 Å². The summed E-state index contributed by atoms with van der Waals surface area (Å²) in [6.07, 6.45) is 2.13. The summed E-state index contributed by atoms with van der Waals surface area (Å²) in [5.41, 5.74) is 0.389. The lowest BCUT2D eigenvalue weighted by Crippen LogP contribution is -2.39. The van der Waals surface area contributed by atoms with Gasteiger partial charge in [-0.15, -0.1) is 0 Å². The third kappa shape index (κ3) is 1.18. The molecule has 2 rings (SSSR count). The quantitative estimate of drug-likeness (QED) is 0.685. The smallest absolute Gasteiger partial charge is 0.415 e. The van der Waals surface area contributed by atoms with Crippen molar-refractivity contribution in [2.24, 2.45) is 0 Å². The van der Waals surface area contributed by atoms with Gasteiger partial charge in [-0.1, -0.05) is 0 Å². The number of rotatable bonds is 2. The van der Waals surface area contributed by atoms with Crippen LogP contribution in [0.4, 0.5) is 10.5 Å². The van der Waals surface area contributed by atoms with Gasteiger partial charge >= 0.3 is 12.1 Å². The molecule has 1 aliphatic heterocycles. The van der Waals surface area contributed by atoms with E-state index in [1.165, 1.54) is 12.4 Å². The van der Waals surface area contributed by atoms with Gasteiger partial charge in [-0.05, 0) is 0 Å². The molecule has 2 N–H and O–H groups in total. The number of cyclic esters (lactones) is 1. The minimum absolute atomic E-state index is 0.140. The molecule has 7 nitrogen and oxygen atoms in total. The van der Waals surface area contributed by atoms with Gasteiger partial charge in [-0.3, -0.25) is 10.00 Å². The number of aromatic nitrogens is 2. The van der Waals surface area contributed by atoms with Gasteiger partial charge in [0, 0.05) is 6.20 Å². The van der Waals surface area contributed by atoms with Gasteiger partial charge in [0.1, 0.15) is 6.61 Å². The molecule has 74 valence electrons. The molecular formula is C7H7N3O4. The van der Waals surface area contributed by atoms with E-state index in [0.717, 1.165) is 4.90 Å². The number of nitrogens with zero attached hydrogens (tertiary/aromatic N) is 2. The lowest BCUT2D eigenvalue weighted by Gasteiger charge is -2.14. The number of carbonyl (C=O) groups is 2. The summed E-state index contributed by atoms with van der Waals surface area (Å²) in [5.74, 6) is -1.10. The Hall–Kier alpha value is -2.05. The van der Waals surface area contributed by atoms with E-state index in [4.69, 9.17) is 5.11 Å². The second-order valence-electron chi connectivity index (χ2n) is 2.76. The van der Waals surface area contributed by atoms with Gasteiger partial charge < -0.3 is 9.84 Å². The molecule has 1 aromatic rings. The van der Waals surface area contributed by atoms with Crippen LogP contribution in [0.1, 0.15) is 0 Å². The Morgan fingerprint density at radius 3 is 3.14 bits per heavy atom. The molecule has 0 bridgehead atoms. The molecule has 1 amide bonds. The van der Waals surface area contributed by atoms with Crippen molar-refractivity contribution in [1.29, 1.82) is 0 Å². The van der Waals surface area contributed by atoms with Gasteiger partial charge in [0.05, 0.1) is 11.9 Å². The highest BCUT2D eigenvalue weighted by molar-refractivity contribution is 5.97. The van der Waals surface area contributed by atoms with Crippen LogP contribution in [0, 0.1) is 0 Å². The maximum absolute atomic E-state index is 11.2. The zero-order valence-corrected chi connectivity index (χ0v) is 7.01. The normalized spacial score (nSPS) is 21.0. The first-order valence-electron chi connectivity index (χ1n) is 3.87. The fraction of sp³-hybridized carbons (Fsp3) is 0.286. The Kier molecular flexibility index (Phi) is 1.84. The highest BCUT2D eigenvalue weighted by Gasteiger charge is 2.39. The lowest BCUT2D eigenvalue weighted by molar-refractivity contribution is -0.138. The van der Waals surface area contributed by atoms with Crippen molar-refractivity contribution in [2.45, 2.75) is 6.04 Å². The third-order valence-corrected chi connectivity index (χ3v) is 1.92. The molecule has 1 unspecified atom stereocenters. The van der Waals surface area contributed by atoms with Crippen molar-refractivity contribution in [3.05, 3.63) is 12.4 Å². The molecule has 1 atom stereocenters. The number of anilines is 1. The van der Waals surface area contributed by atoms with Crippen LogP contribution in [0.5, 0.6) is 0 Å². The maximum atomic E-state index is 11.2. The molecule has 0 aromatic carbocycles. The lowest BCUT2D eigenvalue weighted by atomic mass is 10.3. The Morgan fingerprint density at radius 2 is 2.57 bits per heavy atom. The van der Waals surface area contributed by atoms with Crippen LogP contribution in [0.25, 0.3) is 0 Å².